The molecule has 4 aliphatic heterocycles. The van der Waals surface area contributed by atoms with Crippen molar-refractivity contribution in [2.45, 2.75) is 289 Å². The Balaban J connectivity index is 0.00000115. The van der Waals surface area contributed by atoms with Crippen LogP contribution in [0.15, 0.2) is 10.3 Å². The number of aliphatic hydroxyl groups excluding tert-OH is 41. The largest absolute Gasteiger partial charge is 0.394 e. The van der Waals surface area contributed by atoms with Crippen LogP contribution in [0, 0.1) is 0 Å². The number of hydrogen-bond acceptors (Lipinski definition) is 64. The lowest BCUT2D eigenvalue weighted by atomic mass is 9.97. The third kappa shape index (κ3) is 45.4. The number of amides is 2. The van der Waals surface area contributed by atoms with E-state index < -0.39 is 372 Å². The molecule has 16 unspecified atom stereocenters. The highest BCUT2D eigenvalue weighted by Crippen LogP contribution is 2.31. The van der Waals surface area contributed by atoms with E-state index in [0.717, 1.165) is 0 Å². The summed E-state index contributed by atoms with van der Waals surface area (Å²) in [5, 5.41) is 412. The number of ether oxygens (including phenoxy) is 8. The van der Waals surface area contributed by atoms with Crippen molar-refractivity contribution in [2.75, 3.05) is 139 Å². The molecular weight excluding hydrogens is 2020 g/mol. The van der Waals surface area contributed by atoms with E-state index in [-0.39, 0.29) is 51.9 Å². The second kappa shape index (κ2) is 73.5. The number of ketones is 3. The molecule has 4 saturated heterocycles. The van der Waals surface area contributed by atoms with E-state index in [4.69, 9.17) is 105 Å². The van der Waals surface area contributed by atoms with Crippen LogP contribution >= 0.6 is 47.0 Å². The Hall–Kier alpha value is -3.75. The van der Waals surface area contributed by atoms with E-state index in [1.165, 1.54) is 47.0 Å². The normalized spacial score (nSPS) is 29.8. The molecule has 0 aromatic rings. The molecule has 838 valence electrons. The number of nitrogens with one attached hydrogen (secondary N) is 2. The third-order valence-corrected chi connectivity index (χ3v) is 25.9. The van der Waals surface area contributed by atoms with Crippen LogP contribution in [0.5, 0.6) is 0 Å². The Morgan fingerprint density at radius 1 is 0.317 bits per heavy atom. The number of carbonyl (C=O) groups excluding carboxylic acids is 5. The molecule has 62 nitrogen and oxygen atoms in total. The Morgan fingerprint density at radius 2 is 0.570 bits per heavy atom. The summed E-state index contributed by atoms with van der Waals surface area (Å²) < 4.78 is 41.8. The van der Waals surface area contributed by atoms with Gasteiger partial charge in [0.2, 0.25) is 0 Å². The highest BCUT2D eigenvalue weighted by atomic mass is 32.2. The van der Waals surface area contributed by atoms with Crippen molar-refractivity contribution in [2.24, 2.45) is 21.8 Å². The Morgan fingerprint density at radius 3 is 0.831 bits per heavy atom. The summed E-state index contributed by atoms with van der Waals surface area (Å²) in [5.74, 6) is -1.99. The van der Waals surface area contributed by atoms with Crippen LogP contribution in [0.4, 0.5) is 0 Å². The molecule has 2 amide bonds. The summed E-state index contributed by atoms with van der Waals surface area (Å²) in [6, 6.07) is 0. The molecule has 4 heterocycles. The zero-order chi connectivity index (χ0) is 108. The van der Waals surface area contributed by atoms with E-state index in [2.05, 4.69) is 20.9 Å². The van der Waals surface area contributed by atoms with Crippen molar-refractivity contribution >= 4 is 88.6 Å². The molecule has 0 aromatic heterocycles. The molecule has 0 aliphatic carbocycles. The van der Waals surface area contributed by atoms with Crippen LogP contribution in [0.1, 0.15) is 25.7 Å². The summed E-state index contributed by atoms with van der Waals surface area (Å²) in [6.07, 6.45) is -75.6. The molecule has 47 N–H and O–H groups in total. The number of nitrogens with two attached hydrogens (primary N) is 2. The lowest BCUT2D eigenvalue weighted by Crippen LogP contribution is -2.61. The molecule has 0 aromatic carbocycles. The zero-order valence-electron chi connectivity index (χ0n) is 76.0. The smallest absolute Gasteiger partial charge is 0.260 e. The maximum absolute atomic E-state index is 12.6. The molecule has 142 heavy (non-hydrogen) atoms. The molecule has 66 heteroatoms. The van der Waals surface area contributed by atoms with Crippen LogP contribution in [-0.4, -0.2) is 653 Å². The average molecular weight is 2170 g/mol. The second-order valence-corrected chi connectivity index (χ2v) is 36.8. The standard InChI is InChI=1S/C33H60N4O24S2.C31H56O22S2.C6H15NO5.C6H13NO5/c38-7-16(44)30(60-32-28(54)26(52)24(50)18(9-40)58-32)22(48)14(42)5-36-56-11-20(46)34-1-3-62-13-63-4-2-35-21(47)12-57-37-6-15(43)23(49)31(17(45)8-39)61-33-29(55)27(53)25(51)19(10-41)59-33;32-7-14(38)28(52-30-26(48)22(44)20(42)16(9-34)50-30)24(46)18(40)12(36)3-1-5-54-11-55-6-2-4-13(37)19(41)25(47)29(15(39)8-33)53-31-27(49)23(45)21(43)17(10-35)51-31;2*7-1-3(9)5(11)6(12)4(10)2-8/h5-6,14-19,22-33,38-45,48-55H,1-4,7-13H2,(H,34,46)(H,35,47);14-35,38-49H,1-11H2;3-6,8-12H,1-2,7H2;3,5-6,8-9,11-12H,1-2,7H2/t14-,15-,16?,17?,18?,19?,22?,23?,24-,25-,26?,27?,28+,29+,30-,31-,32+,33+;14?,15?,16?,17?,18-,19-,20+,21+,22?,23?,24?,25?,26+,27+,28-,29-,30+,31+;3-,4+,5+,6+;3-,5-,6-/m1101/s1. The fourth-order valence-electron chi connectivity index (χ4n) is 12.4. The first-order valence-corrected chi connectivity index (χ1v) is 48.2. The predicted octanol–water partition coefficient (Wildman–Crippen LogP) is -26.2. The first-order chi connectivity index (χ1) is 67.0. The number of carbonyl (C=O) groups is 5. The number of rotatable bonds is 66. The predicted molar refractivity (Wildman–Crippen MR) is 477 cm³/mol. The van der Waals surface area contributed by atoms with Gasteiger partial charge in [-0.05, 0) is 24.3 Å². The van der Waals surface area contributed by atoms with Gasteiger partial charge in [-0.3, -0.25) is 24.0 Å². The number of oxime groups is 2. The summed E-state index contributed by atoms with van der Waals surface area (Å²) in [6.45, 7) is -9.93. The van der Waals surface area contributed by atoms with Crippen LogP contribution < -0.4 is 22.1 Å². The summed E-state index contributed by atoms with van der Waals surface area (Å²) in [5.41, 5.74) is 9.94. The van der Waals surface area contributed by atoms with Crippen molar-refractivity contribution in [1.82, 2.24) is 10.6 Å². The van der Waals surface area contributed by atoms with Gasteiger partial charge in [-0.25, -0.2) is 0 Å². The van der Waals surface area contributed by atoms with Crippen LogP contribution in [0.2, 0.25) is 0 Å². The number of hydrogen-bond donors (Lipinski definition) is 45. The SMILES string of the molecule is NC[C@@H](O)[C@@H](O)[C@H](O)C(=O)CO.NC[C@H](O)[C@@H](O)[C@H](O)[C@H](O)CO.O=C(CCCSCSCCCC(=O)[C@@H](O)C(O)[C@H](O[C@@H]1OC(CO)[C@H](O)C(O)[C@@H]1O)C(O)CO)[C@@H](O)C(O)[C@H](O[C@@H]1OC(CO)[C@H](O)C(O)[C@@H]1O)C(O)CO.O=C(CON=C[C@@H](O)C(O)[C@H](O[C@@H]1OC(CO)[C@@H](O)C(O)[C@@H]1O)C(O)CO)NCCSCSCCNC(=O)CON=C[C@@H](O)C(O)[C@H](O[C@@H]1OC(CO)[C@@H](O)C(O)[C@@H]1O)C(O)CO. The van der Waals surface area contributed by atoms with Gasteiger partial charge in [0.05, 0.1) is 84.1 Å². The van der Waals surface area contributed by atoms with E-state index >= 15 is 0 Å². The van der Waals surface area contributed by atoms with Gasteiger partial charge in [-0.15, -0.1) is 23.5 Å². The Kier molecular flexibility index (Phi) is 70.5. The third-order valence-electron chi connectivity index (χ3n) is 21.1. The Labute approximate surface area is 826 Å². The molecule has 4 rings (SSSR count). The van der Waals surface area contributed by atoms with Crippen molar-refractivity contribution in [3.8, 4) is 0 Å². The van der Waals surface area contributed by atoms with Gasteiger partial charge in [0.25, 0.3) is 11.8 Å². The number of Topliss-reactive ketones (excluding diaryl/α,β-unsaturated/α-hetero) is 3. The fourth-order valence-corrected chi connectivity index (χ4v) is 16.4. The quantitative estimate of drug-likeness (QED) is 0.0116. The highest BCUT2D eigenvalue weighted by molar-refractivity contribution is 8.16. The first-order valence-electron chi connectivity index (χ1n) is 43.5. The number of aliphatic hydroxyl groups is 41. The summed E-state index contributed by atoms with van der Waals surface area (Å²) in [4.78, 5) is 69.4. The van der Waals surface area contributed by atoms with Gasteiger partial charge < -0.3 is 279 Å². The van der Waals surface area contributed by atoms with E-state index in [1.807, 2.05) is 0 Å². The lowest BCUT2D eigenvalue weighted by Gasteiger charge is -2.42. The molecule has 0 spiro atoms. The average Bonchev–Trinajstić information content (AvgIpc) is 0.814. The van der Waals surface area contributed by atoms with Gasteiger partial charge >= 0.3 is 0 Å². The molecule has 4 fully saturated rings. The van der Waals surface area contributed by atoms with E-state index in [0.29, 0.717) is 45.6 Å². The van der Waals surface area contributed by atoms with Gasteiger partial charge in [0, 0.05) is 60.7 Å². The molecule has 4 aliphatic rings. The molecular formula is C76H144N6O56S4. The maximum Gasteiger partial charge on any atom is 0.260 e. The highest BCUT2D eigenvalue weighted by Gasteiger charge is 2.53. The molecule has 43 atom stereocenters. The minimum absolute atomic E-state index is 0.224. The van der Waals surface area contributed by atoms with Crippen LogP contribution in [-0.2, 0) is 71.5 Å². The minimum atomic E-state index is -2.13. The summed E-state index contributed by atoms with van der Waals surface area (Å²) in [7, 11) is 0. The lowest BCUT2D eigenvalue weighted by molar-refractivity contribution is -0.326. The van der Waals surface area contributed by atoms with Gasteiger partial charge in [0.15, 0.2) is 55.7 Å². The second-order valence-electron chi connectivity index (χ2n) is 31.7. The molecule has 0 radical (unpaired) electrons. The monoisotopic (exact) mass is 2160 g/mol. The Bertz CT molecular complexity index is 3220. The van der Waals surface area contributed by atoms with Crippen molar-refractivity contribution in [1.29, 1.82) is 0 Å². The van der Waals surface area contributed by atoms with Crippen LogP contribution in [0.25, 0.3) is 0 Å². The van der Waals surface area contributed by atoms with Crippen molar-refractivity contribution in [3.05, 3.63) is 0 Å². The molecule has 0 bridgehead atoms. The topological polar surface area (TPSA) is 1110 Å². The van der Waals surface area contributed by atoms with Gasteiger partial charge in [0.1, 0.15) is 232 Å². The first kappa shape index (κ1) is 136. The van der Waals surface area contributed by atoms with Gasteiger partial charge in [-0.2, -0.15) is 23.5 Å². The van der Waals surface area contributed by atoms with Crippen LogP contribution in [0.3, 0.4) is 0 Å². The maximum atomic E-state index is 12.6. The number of nitrogens with zero attached hydrogens (tertiary/aromatic N) is 2. The fraction of sp³-hybridized carbons (Fsp3) is 0.908. The van der Waals surface area contributed by atoms with E-state index in [1.54, 1.807) is 0 Å². The summed E-state index contributed by atoms with van der Waals surface area (Å²) >= 11 is 5.71. The minimum Gasteiger partial charge on any atom is -0.394 e. The van der Waals surface area contributed by atoms with Crippen molar-refractivity contribution in [3.63, 3.8) is 0 Å². The van der Waals surface area contributed by atoms with E-state index in [9.17, 15) is 187 Å². The van der Waals surface area contributed by atoms with Gasteiger partial charge in [-0.1, -0.05) is 10.3 Å². The zero-order valence-corrected chi connectivity index (χ0v) is 79.3. The molecule has 0 saturated carbocycles. The van der Waals surface area contributed by atoms with Crippen molar-refractivity contribution < 1.29 is 281 Å². The number of thioether (sulfide) groups is 4.